The van der Waals surface area contributed by atoms with Gasteiger partial charge in [0.2, 0.25) is 0 Å². The van der Waals surface area contributed by atoms with Gasteiger partial charge in [0.05, 0.1) is 7.11 Å². The second-order valence-electron chi connectivity index (χ2n) is 4.35. The van der Waals surface area contributed by atoms with Crippen LogP contribution in [0.15, 0.2) is 18.2 Å². The van der Waals surface area contributed by atoms with E-state index in [1.165, 1.54) is 13.2 Å². The molecule has 0 saturated carbocycles. The number of ether oxygens (including phenoxy) is 2. The van der Waals surface area contributed by atoms with Crippen LogP contribution in [-0.4, -0.2) is 20.3 Å². The van der Waals surface area contributed by atoms with Crippen molar-refractivity contribution in [3.8, 4) is 11.5 Å². The average molecular weight is 259 g/mol. The highest BCUT2D eigenvalue weighted by atomic mass is 19.3. The van der Waals surface area contributed by atoms with Crippen LogP contribution >= 0.6 is 0 Å². The molecule has 0 radical (unpaired) electrons. The normalized spacial score (nSPS) is 10.8. The van der Waals surface area contributed by atoms with E-state index in [4.69, 9.17) is 4.74 Å². The van der Waals surface area contributed by atoms with E-state index in [1.807, 2.05) is 0 Å². The fraction of sp³-hybridized carbons (Fsp3) is 0.538. The standard InChI is InChI=1S/C13H19F2NO2/c1-9(2)6-7-16-10-4-5-11(17-3)12(8-10)18-13(14)15/h4-5,8-9,13,16H,6-7H2,1-3H3. The molecule has 0 atom stereocenters. The molecule has 0 aliphatic rings. The lowest BCUT2D eigenvalue weighted by atomic mass is 10.1. The van der Waals surface area contributed by atoms with Gasteiger partial charge in [-0.2, -0.15) is 8.78 Å². The topological polar surface area (TPSA) is 30.5 Å². The molecule has 1 N–H and O–H groups in total. The Morgan fingerprint density at radius 3 is 2.50 bits per heavy atom. The van der Waals surface area contributed by atoms with Crippen molar-refractivity contribution in [2.75, 3.05) is 19.0 Å². The second kappa shape index (κ2) is 7.03. The molecule has 0 aliphatic carbocycles. The molecule has 3 nitrogen and oxygen atoms in total. The summed E-state index contributed by atoms with van der Waals surface area (Å²) >= 11 is 0. The summed E-state index contributed by atoms with van der Waals surface area (Å²) in [6.07, 6.45) is 1.01. The van der Waals surface area contributed by atoms with Gasteiger partial charge >= 0.3 is 6.61 Å². The van der Waals surface area contributed by atoms with Crippen molar-refractivity contribution in [2.24, 2.45) is 5.92 Å². The lowest BCUT2D eigenvalue weighted by molar-refractivity contribution is -0.0511. The Bertz CT molecular complexity index is 370. The third kappa shape index (κ3) is 4.77. The van der Waals surface area contributed by atoms with E-state index in [1.54, 1.807) is 12.1 Å². The minimum absolute atomic E-state index is 0.0436. The molecular formula is C13H19F2NO2. The van der Waals surface area contributed by atoms with Crippen molar-refractivity contribution in [3.05, 3.63) is 18.2 Å². The lowest BCUT2D eigenvalue weighted by Crippen LogP contribution is -2.07. The first kappa shape index (κ1) is 14.5. The highest BCUT2D eigenvalue weighted by molar-refractivity contribution is 5.54. The number of alkyl halides is 2. The largest absolute Gasteiger partial charge is 0.493 e. The van der Waals surface area contributed by atoms with Gasteiger partial charge in [-0.25, -0.2) is 0 Å². The Balaban J connectivity index is 2.69. The number of nitrogens with one attached hydrogen (secondary N) is 1. The summed E-state index contributed by atoms with van der Waals surface area (Å²) < 4.78 is 33.8. The van der Waals surface area contributed by atoms with Crippen LogP contribution in [0.2, 0.25) is 0 Å². The monoisotopic (exact) mass is 259 g/mol. The van der Waals surface area contributed by atoms with Crippen molar-refractivity contribution in [2.45, 2.75) is 26.9 Å². The molecule has 0 fully saturated rings. The Morgan fingerprint density at radius 2 is 1.94 bits per heavy atom. The van der Waals surface area contributed by atoms with E-state index < -0.39 is 6.61 Å². The van der Waals surface area contributed by atoms with E-state index in [-0.39, 0.29) is 5.75 Å². The SMILES string of the molecule is COc1ccc(NCCC(C)C)cc1OC(F)F. The second-order valence-corrected chi connectivity index (χ2v) is 4.35. The predicted molar refractivity (Wildman–Crippen MR) is 67.6 cm³/mol. The van der Waals surface area contributed by atoms with Crippen LogP contribution in [0.4, 0.5) is 14.5 Å². The van der Waals surface area contributed by atoms with Crippen molar-refractivity contribution >= 4 is 5.69 Å². The first-order valence-corrected chi connectivity index (χ1v) is 5.89. The van der Waals surface area contributed by atoms with Gasteiger partial charge < -0.3 is 14.8 Å². The highest BCUT2D eigenvalue weighted by Gasteiger charge is 2.11. The molecule has 102 valence electrons. The Hall–Kier alpha value is -1.52. The smallest absolute Gasteiger partial charge is 0.387 e. The minimum Gasteiger partial charge on any atom is -0.493 e. The molecular weight excluding hydrogens is 240 g/mol. The van der Waals surface area contributed by atoms with Gasteiger partial charge in [-0.3, -0.25) is 0 Å². The first-order chi connectivity index (χ1) is 8.52. The molecule has 1 rings (SSSR count). The molecule has 1 aromatic carbocycles. The molecule has 0 heterocycles. The number of benzene rings is 1. The molecule has 1 aromatic rings. The van der Waals surface area contributed by atoms with Gasteiger partial charge in [0, 0.05) is 18.3 Å². The average Bonchev–Trinajstić information content (AvgIpc) is 2.28. The zero-order valence-corrected chi connectivity index (χ0v) is 10.9. The van der Waals surface area contributed by atoms with Crippen LogP contribution < -0.4 is 14.8 Å². The fourth-order valence-electron chi connectivity index (χ4n) is 1.48. The van der Waals surface area contributed by atoms with Crippen LogP contribution in [0.5, 0.6) is 11.5 Å². The Kier molecular flexibility index (Phi) is 5.68. The molecule has 5 heteroatoms. The lowest BCUT2D eigenvalue weighted by Gasteiger charge is -2.13. The summed E-state index contributed by atoms with van der Waals surface area (Å²) in [5.74, 6) is 0.930. The van der Waals surface area contributed by atoms with Gasteiger partial charge in [0.1, 0.15) is 0 Å². The third-order valence-electron chi connectivity index (χ3n) is 2.43. The zero-order valence-electron chi connectivity index (χ0n) is 10.9. The molecule has 0 amide bonds. The zero-order chi connectivity index (χ0) is 13.5. The first-order valence-electron chi connectivity index (χ1n) is 5.89. The summed E-state index contributed by atoms with van der Waals surface area (Å²) in [6, 6.07) is 4.90. The van der Waals surface area contributed by atoms with Crippen molar-refractivity contribution in [3.63, 3.8) is 0 Å². The van der Waals surface area contributed by atoms with Crippen LogP contribution in [0, 0.1) is 5.92 Å². The van der Waals surface area contributed by atoms with Crippen LogP contribution in [0.3, 0.4) is 0 Å². The van der Waals surface area contributed by atoms with E-state index in [0.717, 1.165) is 18.7 Å². The summed E-state index contributed by atoms with van der Waals surface area (Å²) in [6.45, 7) is 2.19. The van der Waals surface area contributed by atoms with Gasteiger partial charge in [-0.05, 0) is 24.5 Å². The van der Waals surface area contributed by atoms with Gasteiger partial charge in [-0.1, -0.05) is 13.8 Å². The molecule has 0 saturated heterocycles. The van der Waals surface area contributed by atoms with Crippen LogP contribution in [0.25, 0.3) is 0 Å². The van der Waals surface area contributed by atoms with Crippen molar-refractivity contribution < 1.29 is 18.3 Å². The number of methoxy groups -OCH3 is 1. The van der Waals surface area contributed by atoms with E-state index in [0.29, 0.717) is 11.7 Å². The molecule has 0 bridgehead atoms. The maximum atomic E-state index is 12.2. The number of rotatable bonds is 7. The van der Waals surface area contributed by atoms with Crippen LogP contribution in [-0.2, 0) is 0 Å². The van der Waals surface area contributed by atoms with Crippen molar-refractivity contribution in [1.82, 2.24) is 0 Å². The number of halogens is 2. The Morgan fingerprint density at radius 1 is 1.22 bits per heavy atom. The van der Waals surface area contributed by atoms with E-state index in [9.17, 15) is 8.78 Å². The van der Waals surface area contributed by atoms with Crippen molar-refractivity contribution in [1.29, 1.82) is 0 Å². The summed E-state index contributed by atoms with van der Waals surface area (Å²) in [5.41, 5.74) is 0.743. The maximum absolute atomic E-state index is 12.2. The molecule has 0 aliphatic heterocycles. The molecule has 0 spiro atoms. The third-order valence-corrected chi connectivity index (χ3v) is 2.43. The van der Waals surface area contributed by atoms with Gasteiger partial charge in [0.25, 0.3) is 0 Å². The molecule has 0 aromatic heterocycles. The number of anilines is 1. The van der Waals surface area contributed by atoms with E-state index >= 15 is 0 Å². The maximum Gasteiger partial charge on any atom is 0.387 e. The predicted octanol–water partition coefficient (Wildman–Crippen LogP) is 3.75. The fourth-order valence-corrected chi connectivity index (χ4v) is 1.48. The number of hydrogen-bond donors (Lipinski definition) is 1. The van der Waals surface area contributed by atoms with Crippen LogP contribution in [0.1, 0.15) is 20.3 Å². The molecule has 18 heavy (non-hydrogen) atoms. The quantitative estimate of drug-likeness (QED) is 0.808. The summed E-state index contributed by atoms with van der Waals surface area (Å²) in [4.78, 5) is 0. The van der Waals surface area contributed by atoms with Gasteiger partial charge in [-0.15, -0.1) is 0 Å². The highest BCUT2D eigenvalue weighted by Crippen LogP contribution is 2.31. The minimum atomic E-state index is -2.86. The summed E-state index contributed by atoms with van der Waals surface area (Å²) in [5, 5.41) is 3.16. The molecule has 0 unspecified atom stereocenters. The Labute approximate surface area is 106 Å². The van der Waals surface area contributed by atoms with Gasteiger partial charge in [0.15, 0.2) is 11.5 Å². The number of hydrogen-bond acceptors (Lipinski definition) is 3. The van der Waals surface area contributed by atoms with E-state index in [2.05, 4.69) is 23.9 Å². The summed E-state index contributed by atoms with van der Waals surface area (Å²) in [7, 11) is 1.42.